The van der Waals surface area contributed by atoms with Crippen molar-refractivity contribution in [1.82, 2.24) is 35.3 Å². The van der Waals surface area contributed by atoms with Crippen LogP contribution in [0, 0.1) is 5.92 Å². The topological polar surface area (TPSA) is 81.6 Å². The number of aryl methyl sites for hydroxylation is 1. The molecule has 3 fully saturated rings. The van der Waals surface area contributed by atoms with E-state index in [-0.39, 0.29) is 12.1 Å². The third-order valence-electron chi connectivity index (χ3n) is 8.28. The molecule has 4 heterocycles. The van der Waals surface area contributed by atoms with Crippen molar-refractivity contribution in [2.45, 2.75) is 76.8 Å². The summed E-state index contributed by atoms with van der Waals surface area (Å²) in [6.07, 6.45) is 7.72. The highest BCUT2D eigenvalue weighted by Gasteiger charge is 2.47. The van der Waals surface area contributed by atoms with Gasteiger partial charge >= 0.3 is 0 Å². The molecule has 3 aliphatic heterocycles. The standard InChI is InChI=1S/C26H38N8O/c1-19-27-25-21-10-5-6-11-22(21)33-23(28-29-26(33)34(25)30-19)12-7-13-24(35)32-16-14-31(15-17-32)18-20-8-3-2-4-9-20/h2-4,8-9,19,21-22,25,27,30H,5-7,10-18H2,1H3. The van der Waals surface area contributed by atoms with Crippen LogP contribution in [-0.4, -0.2) is 69.0 Å². The average Bonchev–Trinajstić information content (AvgIpc) is 3.49. The van der Waals surface area contributed by atoms with Gasteiger partial charge in [0.25, 0.3) is 0 Å². The van der Waals surface area contributed by atoms with E-state index < -0.39 is 0 Å². The van der Waals surface area contributed by atoms with Gasteiger partial charge in [-0.1, -0.05) is 43.2 Å². The molecule has 4 unspecified atom stereocenters. The number of aromatic nitrogens is 3. The predicted octanol–water partition coefficient (Wildman–Crippen LogP) is 2.28. The van der Waals surface area contributed by atoms with Crippen LogP contribution < -0.4 is 15.8 Å². The van der Waals surface area contributed by atoms with Gasteiger partial charge < -0.3 is 4.90 Å². The summed E-state index contributed by atoms with van der Waals surface area (Å²) in [6.45, 7) is 6.65. The Labute approximate surface area is 207 Å². The van der Waals surface area contributed by atoms with Crippen molar-refractivity contribution in [3.05, 3.63) is 41.7 Å². The first kappa shape index (κ1) is 22.9. The van der Waals surface area contributed by atoms with Crippen LogP contribution in [0.25, 0.3) is 0 Å². The summed E-state index contributed by atoms with van der Waals surface area (Å²) < 4.78 is 2.39. The summed E-state index contributed by atoms with van der Waals surface area (Å²) in [6, 6.07) is 11.0. The number of carbonyl (C=O) groups is 1. The molecule has 9 heteroatoms. The fourth-order valence-electron chi connectivity index (χ4n) is 6.52. The molecule has 4 aliphatic rings. The fraction of sp³-hybridized carbons (Fsp3) is 0.654. The Morgan fingerprint density at radius 3 is 2.69 bits per heavy atom. The van der Waals surface area contributed by atoms with Crippen LogP contribution in [0.15, 0.2) is 30.3 Å². The Morgan fingerprint density at radius 1 is 1.06 bits per heavy atom. The normalized spacial score (nSPS) is 28.5. The molecule has 9 nitrogen and oxygen atoms in total. The lowest BCUT2D eigenvalue weighted by atomic mass is 9.81. The van der Waals surface area contributed by atoms with Crippen LogP contribution >= 0.6 is 0 Å². The number of anilines is 1. The first-order valence-corrected chi connectivity index (χ1v) is 13.5. The summed E-state index contributed by atoms with van der Waals surface area (Å²) >= 11 is 0. The molecule has 0 radical (unpaired) electrons. The van der Waals surface area contributed by atoms with Gasteiger partial charge in [0.15, 0.2) is 0 Å². The monoisotopic (exact) mass is 478 g/mol. The van der Waals surface area contributed by atoms with Crippen LogP contribution in [0.4, 0.5) is 5.95 Å². The lowest BCUT2D eigenvalue weighted by Gasteiger charge is -2.44. The quantitative estimate of drug-likeness (QED) is 0.659. The van der Waals surface area contributed by atoms with E-state index in [0.717, 1.165) is 57.3 Å². The molecule has 2 aromatic rings. The van der Waals surface area contributed by atoms with Gasteiger partial charge in [0, 0.05) is 57.5 Å². The van der Waals surface area contributed by atoms with Gasteiger partial charge in [0.05, 0.1) is 6.17 Å². The zero-order valence-electron chi connectivity index (χ0n) is 20.8. The van der Waals surface area contributed by atoms with Gasteiger partial charge in [-0.3, -0.25) is 24.6 Å². The van der Waals surface area contributed by atoms with E-state index in [0.29, 0.717) is 24.5 Å². The third-order valence-corrected chi connectivity index (χ3v) is 8.28. The molecule has 1 amide bonds. The largest absolute Gasteiger partial charge is 0.340 e. The summed E-state index contributed by atoms with van der Waals surface area (Å²) in [5, 5.41) is 15.1. The van der Waals surface area contributed by atoms with E-state index in [1.807, 2.05) is 4.90 Å². The summed E-state index contributed by atoms with van der Waals surface area (Å²) in [7, 11) is 0. The molecule has 4 atom stereocenters. The maximum absolute atomic E-state index is 12.9. The van der Waals surface area contributed by atoms with Crippen molar-refractivity contribution in [2.75, 3.05) is 31.2 Å². The van der Waals surface area contributed by atoms with E-state index in [1.54, 1.807) is 0 Å². The SMILES string of the molecule is CC1NC2C3CCCCC3n3c(CCCC(=O)N4CCN(Cc5ccccc5)CC4)nnc3N2N1. The molecule has 1 saturated carbocycles. The van der Waals surface area contributed by atoms with Crippen molar-refractivity contribution in [1.29, 1.82) is 0 Å². The van der Waals surface area contributed by atoms with Gasteiger partial charge in [-0.2, -0.15) is 0 Å². The van der Waals surface area contributed by atoms with Gasteiger partial charge in [-0.15, -0.1) is 10.2 Å². The Kier molecular flexibility index (Phi) is 6.47. The highest BCUT2D eigenvalue weighted by molar-refractivity contribution is 5.76. The van der Waals surface area contributed by atoms with Gasteiger partial charge in [-0.25, -0.2) is 5.43 Å². The number of hydrogen-bond donors (Lipinski definition) is 2. The predicted molar refractivity (Wildman–Crippen MR) is 134 cm³/mol. The number of carbonyl (C=O) groups excluding carboxylic acids is 1. The van der Waals surface area contributed by atoms with Crippen LogP contribution in [0.2, 0.25) is 0 Å². The number of amides is 1. The number of fused-ring (bicyclic) bond motifs is 6. The molecule has 6 rings (SSSR count). The molecule has 2 N–H and O–H groups in total. The molecule has 35 heavy (non-hydrogen) atoms. The van der Waals surface area contributed by atoms with Crippen molar-refractivity contribution in [3.8, 4) is 0 Å². The van der Waals surface area contributed by atoms with Crippen molar-refractivity contribution in [3.63, 3.8) is 0 Å². The van der Waals surface area contributed by atoms with Crippen molar-refractivity contribution >= 4 is 11.9 Å². The van der Waals surface area contributed by atoms with E-state index in [9.17, 15) is 4.79 Å². The second kappa shape index (κ2) is 9.87. The zero-order chi connectivity index (χ0) is 23.8. The van der Waals surface area contributed by atoms with Crippen LogP contribution in [0.3, 0.4) is 0 Å². The zero-order valence-corrected chi connectivity index (χ0v) is 20.8. The minimum atomic E-state index is 0.236. The molecule has 188 valence electrons. The van der Waals surface area contributed by atoms with Gasteiger partial charge in [-0.05, 0) is 31.7 Å². The van der Waals surface area contributed by atoms with Crippen molar-refractivity contribution < 1.29 is 4.79 Å². The number of nitrogens with one attached hydrogen (secondary N) is 2. The minimum Gasteiger partial charge on any atom is -0.340 e. The summed E-state index contributed by atoms with van der Waals surface area (Å²) in [5.74, 6) is 2.82. The molecule has 0 bridgehead atoms. The van der Waals surface area contributed by atoms with Crippen molar-refractivity contribution in [2.24, 2.45) is 5.92 Å². The molecule has 1 aromatic carbocycles. The number of rotatable bonds is 6. The van der Waals surface area contributed by atoms with E-state index in [4.69, 9.17) is 0 Å². The van der Waals surface area contributed by atoms with Crippen LogP contribution in [-0.2, 0) is 17.8 Å². The number of nitrogens with zero attached hydrogens (tertiary/aromatic N) is 6. The Hall–Kier alpha value is -2.49. The molecular formula is C26H38N8O. The first-order chi connectivity index (χ1) is 17.2. The maximum Gasteiger partial charge on any atom is 0.243 e. The molecular weight excluding hydrogens is 440 g/mol. The second-order valence-electron chi connectivity index (χ2n) is 10.6. The number of piperazine rings is 1. The summed E-state index contributed by atoms with van der Waals surface area (Å²) in [5.41, 5.74) is 4.87. The molecule has 2 saturated heterocycles. The third kappa shape index (κ3) is 4.57. The Morgan fingerprint density at radius 2 is 1.86 bits per heavy atom. The maximum atomic E-state index is 12.9. The first-order valence-electron chi connectivity index (χ1n) is 13.5. The fourth-order valence-corrected chi connectivity index (χ4v) is 6.52. The van der Waals surface area contributed by atoms with E-state index in [2.05, 4.69) is 72.7 Å². The average molecular weight is 479 g/mol. The smallest absolute Gasteiger partial charge is 0.243 e. The number of benzene rings is 1. The van der Waals surface area contributed by atoms with E-state index in [1.165, 1.54) is 31.2 Å². The highest BCUT2D eigenvalue weighted by Crippen LogP contribution is 2.44. The van der Waals surface area contributed by atoms with Gasteiger partial charge in [0.2, 0.25) is 11.9 Å². The van der Waals surface area contributed by atoms with Gasteiger partial charge in [0.1, 0.15) is 12.0 Å². The second-order valence-corrected chi connectivity index (χ2v) is 10.6. The Balaban J connectivity index is 1.03. The minimum absolute atomic E-state index is 0.236. The van der Waals surface area contributed by atoms with Crippen LogP contribution in [0.1, 0.15) is 62.9 Å². The van der Waals surface area contributed by atoms with Crippen LogP contribution in [0.5, 0.6) is 0 Å². The Bertz CT molecular complexity index is 1020. The molecule has 1 aliphatic carbocycles. The molecule has 1 aromatic heterocycles. The number of hydrazine groups is 1. The lowest BCUT2D eigenvalue weighted by Crippen LogP contribution is -2.53. The number of hydrogen-bond acceptors (Lipinski definition) is 7. The lowest BCUT2D eigenvalue weighted by molar-refractivity contribution is -0.133. The summed E-state index contributed by atoms with van der Waals surface area (Å²) in [4.78, 5) is 17.4. The highest BCUT2D eigenvalue weighted by atomic mass is 16.2. The molecule has 0 spiro atoms. The van der Waals surface area contributed by atoms with E-state index >= 15 is 0 Å².